The average molecular weight is 329 g/mol. The summed E-state index contributed by atoms with van der Waals surface area (Å²) in [5, 5.41) is 0. The lowest BCUT2D eigenvalue weighted by molar-refractivity contribution is -0.251. The van der Waals surface area contributed by atoms with Crippen molar-refractivity contribution in [1.82, 2.24) is 4.90 Å². The molecule has 2 aliphatic heterocycles. The first kappa shape index (κ1) is 15.6. The normalized spacial score (nSPS) is 49.9. The lowest BCUT2D eigenvalue weighted by Gasteiger charge is -2.58. The van der Waals surface area contributed by atoms with Crippen LogP contribution in [0.3, 0.4) is 0 Å². The van der Waals surface area contributed by atoms with Crippen LogP contribution in [0.25, 0.3) is 0 Å². The second kappa shape index (κ2) is 4.94. The number of ketones is 1. The quantitative estimate of drug-likeness (QED) is 0.674. The molecule has 3 aliphatic carbocycles. The van der Waals surface area contributed by atoms with E-state index in [-0.39, 0.29) is 23.1 Å². The van der Waals surface area contributed by atoms with Crippen LogP contribution in [0.2, 0.25) is 0 Å². The van der Waals surface area contributed by atoms with E-state index in [1.165, 1.54) is 37.7 Å². The van der Waals surface area contributed by atoms with Gasteiger partial charge in [-0.1, -0.05) is 26.2 Å². The average Bonchev–Trinajstić information content (AvgIpc) is 2.98. The molecule has 3 nitrogen and oxygen atoms in total. The first-order valence-corrected chi connectivity index (χ1v) is 10.1. The van der Waals surface area contributed by atoms with E-state index < -0.39 is 0 Å². The van der Waals surface area contributed by atoms with Crippen molar-refractivity contribution in [3.63, 3.8) is 0 Å². The molecule has 0 bridgehead atoms. The Balaban J connectivity index is 1.57. The van der Waals surface area contributed by atoms with E-state index in [0.29, 0.717) is 17.8 Å². The molecule has 3 heteroatoms. The molecule has 4 fully saturated rings. The number of hydrogen-bond donors (Lipinski definition) is 0. The van der Waals surface area contributed by atoms with E-state index in [2.05, 4.69) is 25.7 Å². The number of allylic oxidation sites excluding steroid dienone is 1. The van der Waals surface area contributed by atoms with Crippen molar-refractivity contribution < 1.29 is 9.53 Å². The van der Waals surface area contributed by atoms with E-state index in [1.54, 1.807) is 0 Å². The molecular weight excluding hydrogens is 298 g/mol. The van der Waals surface area contributed by atoms with E-state index in [9.17, 15) is 4.79 Å². The molecule has 2 heterocycles. The molecule has 0 aromatic carbocycles. The van der Waals surface area contributed by atoms with Crippen LogP contribution >= 0.6 is 0 Å². The van der Waals surface area contributed by atoms with E-state index in [4.69, 9.17) is 4.74 Å². The van der Waals surface area contributed by atoms with Gasteiger partial charge in [-0.15, -0.1) is 0 Å². The number of carbonyl (C=O) groups is 1. The molecule has 0 aromatic heterocycles. The van der Waals surface area contributed by atoms with Crippen molar-refractivity contribution in [2.24, 2.45) is 23.2 Å². The van der Waals surface area contributed by atoms with Crippen LogP contribution in [0.1, 0.15) is 65.7 Å². The van der Waals surface area contributed by atoms with Crippen molar-refractivity contribution in [1.29, 1.82) is 0 Å². The molecule has 24 heavy (non-hydrogen) atoms. The standard InChI is InChI=1S/C21H31NO2/c1-13-7-8-16-18(10-13)24-19-21-9-5-4-6-15(21)17(23)11-14(21)12-22(19)20(16,2)3/h11,13,15-16,18-19H,4-10,12H2,1-3H3/t13-,15-,16-,18-,19+,21-/m1/s1. The van der Waals surface area contributed by atoms with Gasteiger partial charge < -0.3 is 4.74 Å². The number of fused-ring (bicyclic) bond motifs is 2. The lowest BCUT2D eigenvalue weighted by atomic mass is 9.63. The summed E-state index contributed by atoms with van der Waals surface area (Å²) in [7, 11) is 0. The summed E-state index contributed by atoms with van der Waals surface area (Å²) in [5.74, 6) is 2.00. The van der Waals surface area contributed by atoms with Gasteiger partial charge in [-0.05, 0) is 57.1 Å². The molecule has 1 spiro atoms. The third-order valence-electron chi connectivity index (χ3n) is 8.28. The fraction of sp³-hybridized carbons (Fsp3) is 0.857. The van der Waals surface area contributed by atoms with Crippen LogP contribution in [0.15, 0.2) is 11.6 Å². The molecule has 0 radical (unpaired) electrons. The van der Waals surface area contributed by atoms with Gasteiger partial charge in [0.25, 0.3) is 0 Å². The molecule has 2 saturated heterocycles. The number of hydrogen-bond acceptors (Lipinski definition) is 3. The summed E-state index contributed by atoms with van der Waals surface area (Å²) in [4.78, 5) is 15.3. The highest BCUT2D eigenvalue weighted by molar-refractivity contribution is 5.97. The third-order valence-corrected chi connectivity index (χ3v) is 8.28. The van der Waals surface area contributed by atoms with Crippen molar-refractivity contribution in [3.05, 3.63) is 11.6 Å². The van der Waals surface area contributed by atoms with Gasteiger partial charge >= 0.3 is 0 Å². The summed E-state index contributed by atoms with van der Waals surface area (Å²) < 4.78 is 6.88. The lowest BCUT2D eigenvalue weighted by Crippen LogP contribution is -2.65. The largest absolute Gasteiger partial charge is 0.359 e. The fourth-order valence-electron chi connectivity index (χ4n) is 6.94. The zero-order chi connectivity index (χ0) is 16.7. The van der Waals surface area contributed by atoms with Gasteiger partial charge in [0.2, 0.25) is 0 Å². The Kier molecular flexibility index (Phi) is 3.21. The maximum Gasteiger partial charge on any atom is 0.159 e. The number of rotatable bonds is 0. The van der Waals surface area contributed by atoms with Gasteiger partial charge in [-0.2, -0.15) is 0 Å². The zero-order valence-electron chi connectivity index (χ0n) is 15.4. The first-order chi connectivity index (χ1) is 11.4. The highest BCUT2D eigenvalue weighted by atomic mass is 16.5. The highest BCUT2D eigenvalue weighted by Gasteiger charge is 2.66. The number of carbonyl (C=O) groups excluding carboxylic acids is 1. The van der Waals surface area contributed by atoms with Crippen molar-refractivity contribution in [3.8, 4) is 0 Å². The smallest absolute Gasteiger partial charge is 0.159 e. The van der Waals surface area contributed by atoms with Crippen LogP contribution in [0.5, 0.6) is 0 Å². The maximum atomic E-state index is 12.6. The second-order valence-corrected chi connectivity index (χ2v) is 9.74. The minimum atomic E-state index is 0.0122. The Morgan fingerprint density at radius 2 is 2.04 bits per heavy atom. The molecule has 0 amide bonds. The number of ether oxygens (including phenoxy) is 1. The van der Waals surface area contributed by atoms with E-state index in [0.717, 1.165) is 25.3 Å². The van der Waals surface area contributed by atoms with Crippen molar-refractivity contribution >= 4 is 5.78 Å². The SMILES string of the molecule is C[C@@H]1CC[C@@H]2[C@@H](C1)O[C@@H]1N(CC3=CC(=O)[C@H]4CCCC[C@@]341)C2(C)C. The predicted molar refractivity (Wildman–Crippen MR) is 93.4 cm³/mol. The van der Waals surface area contributed by atoms with Crippen LogP contribution in [0.4, 0.5) is 0 Å². The van der Waals surface area contributed by atoms with Crippen molar-refractivity contribution in [2.75, 3.05) is 6.54 Å². The summed E-state index contributed by atoms with van der Waals surface area (Å²) in [6, 6.07) is 0. The second-order valence-electron chi connectivity index (χ2n) is 9.74. The Labute approximate surface area is 145 Å². The highest BCUT2D eigenvalue weighted by Crippen LogP contribution is 2.62. The molecule has 0 unspecified atom stereocenters. The molecule has 5 aliphatic rings. The zero-order valence-corrected chi connectivity index (χ0v) is 15.4. The van der Waals surface area contributed by atoms with Gasteiger partial charge in [0.05, 0.1) is 6.10 Å². The van der Waals surface area contributed by atoms with Gasteiger partial charge in [0.15, 0.2) is 5.78 Å². The molecule has 132 valence electrons. The Morgan fingerprint density at radius 1 is 1.21 bits per heavy atom. The Morgan fingerprint density at radius 3 is 2.88 bits per heavy atom. The van der Waals surface area contributed by atoms with Gasteiger partial charge in [-0.3, -0.25) is 9.69 Å². The topological polar surface area (TPSA) is 29.5 Å². The van der Waals surface area contributed by atoms with Crippen molar-refractivity contribution in [2.45, 2.75) is 83.6 Å². The fourth-order valence-corrected chi connectivity index (χ4v) is 6.94. The van der Waals surface area contributed by atoms with Crippen LogP contribution in [-0.4, -0.2) is 35.1 Å². The minimum Gasteiger partial charge on any atom is -0.359 e. The third kappa shape index (κ3) is 1.78. The molecule has 0 aromatic rings. The summed E-state index contributed by atoms with van der Waals surface area (Å²) in [5.41, 5.74) is 1.60. The van der Waals surface area contributed by atoms with Gasteiger partial charge in [-0.25, -0.2) is 0 Å². The summed E-state index contributed by atoms with van der Waals surface area (Å²) in [6.07, 6.45) is 11.0. The van der Waals surface area contributed by atoms with Crippen LogP contribution in [-0.2, 0) is 9.53 Å². The first-order valence-electron chi connectivity index (χ1n) is 10.1. The van der Waals surface area contributed by atoms with Gasteiger partial charge in [0, 0.05) is 29.3 Å². The molecule has 6 atom stereocenters. The van der Waals surface area contributed by atoms with Crippen LogP contribution < -0.4 is 0 Å². The predicted octanol–water partition coefficient (Wildman–Crippen LogP) is 3.93. The monoisotopic (exact) mass is 329 g/mol. The molecule has 5 rings (SSSR count). The summed E-state index contributed by atoms with van der Waals surface area (Å²) in [6.45, 7) is 8.21. The van der Waals surface area contributed by atoms with Crippen LogP contribution in [0, 0.1) is 23.2 Å². The Hall–Kier alpha value is -0.670. The minimum absolute atomic E-state index is 0.0122. The molecular formula is C21H31NO2. The number of nitrogens with zero attached hydrogens (tertiary/aromatic N) is 1. The van der Waals surface area contributed by atoms with Gasteiger partial charge in [0.1, 0.15) is 6.23 Å². The summed E-state index contributed by atoms with van der Waals surface area (Å²) >= 11 is 0. The van der Waals surface area contributed by atoms with E-state index in [1.807, 2.05) is 6.08 Å². The molecule has 0 N–H and O–H groups in total. The molecule has 2 saturated carbocycles. The maximum absolute atomic E-state index is 12.6. The van der Waals surface area contributed by atoms with E-state index >= 15 is 0 Å². The Bertz CT molecular complexity index is 609.